The maximum atomic E-state index is 12.7. The van der Waals surface area contributed by atoms with Gasteiger partial charge in [-0.1, -0.05) is 47.2 Å². The van der Waals surface area contributed by atoms with Crippen LogP contribution in [0.15, 0.2) is 48.5 Å². The molecule has 0 N–H and O–H groups in total. The number of alkyl halides is 3. The topological polar surface area (TPSA) is 43.1 Å². The Morgan fingerprint density at radius 3 is 2.40 bits per heavy atom. The molecule has 8 heteroatoms. The highest BCUT2D eigenvalue weighted by molar-refractivity contribution is 7.19. The Labute approximate surface area is 144 Å². The molecule has 0 unspecified atom stereocenters. The zero-order chi connectivity index (χ0) is 17.6. The summed E-state index contributed by atoms with van der Waals surface area (Å²) < 4.78 is 39.6. The molecule has 0 fully saturated rings. The summed E-state index contributed by atoms with van der Waals surface area (Å²) in [6, 6.07) is 12.7. The zero-order valence-corrected chi connectivity index (χ0v) is 13.8. The molecule has 0 aliphatic carbocycles. The van der Waals surface area contributed by atoms with Crippen LogP contribution < -0.4 is 0 Å². The van der Waals surface area contributed by atoms with E-state index in [0.29, 0.717) is 16.3 Å². The predicted molar refractivity (Wildman–Crippen MR) is 89.3 cm³/mol. The van der Waals surface area contributed by atoms with E-state index in [4.69, 9.17) is 0 Å². The second-order valence-electron chi connectivity index (χ2n) is 5.57. The third-order valence-electron chi connectivity index (χ3n) is 3.73. The molecule has 0 spiro atoms. The van der Waals surface area contributed by atoms with Crippen molar-refractivity contribution < 1.29 is 13.2 Å². The van der Waals surface area contributed by atoms with Gasteiger partial charge in [0, 0.05) is 11.1 Å². The van der Waals surface area contributed by atoms with E-state index >= 15 is 0 Å². The number of benzene rings is 2. The third-order valence-corrected chi connectivity index (χ3v) is 4.67. The van der Waals surface area contributed by atoms with Gasteiger partial charge < -0.3 is 0 Å². The Balaban J connectivity index is 1.76. The third kappa shape index (κ3) is 2.89. The summed E-state index contributed by atoms with van der Waals surface area (Å²) in [5.41, 5.74) is 1.91. The van der Waals surface area contributed by atoms with Crippen molar-refractivity contribution in [1.82, 2.24) is 19.8 Å². The number of rotatable bonds is 2. The second kappa shape index (κ2) is 5.66. The van der Waals surface area contributed by atoms with Crippen molar-refractivity contribution in [1.29, 1.82) is 0 Å². The summed E-state index contributed by atoms with van der Waals surface area (Å²) in [7, 11) is 0. The molecule has 2 aromatic heterocycles. The summed E-state index contributed by atoms with van der Waals surface area (Å²) in [5.74, 6) is 0.416. The zero-order valence-electron chi connectivity index (χ0n) is 12.9. The van der Waals surface area contributed by atoms with Gasteiger partial charge in [-0.3, -0.25) is 0 Å². The summed E-state index contributed by atoms with van der Waals surface area (Å²) in [5, 5.41) is 13.4. The molecule has 2 heterocycles. The summed E-state index contributed by atoms with van der Waals surface area (Å²) in [6.45, 7) is 2.00. The molecule has 0 bridgehead atoms. The smallest absolute Gasteiger partial charge is 0.182 e. The molecule has 25 heavy (non-hydrogen) atoms. The predicted octanol–water partition coefficient (Wildman–Crippen LogP) is 4.85. The van der Waals surface area contributed by atoms with Gasteiger partial charge in [0.2, 0.25) is 4.96 Å². The monoisotopic (exact) mass is 360 g/mol. The Hall–Kier alpha value is -2.74. The quantitative estimate of drug-likeness (QED) is 0.513. The van der Waals surface area contributed by atoms with Crippen LogP contribution in [0.2, 0.25) is 0 Å². The molecule has 0 saturated carbocycles. The van der Waals surface area contributed by atoms with Crippen molar-refractivity contribution in [3.05, 3.63) is 59.7 Å². The molecule has 0 aliphatic rings. The minimum atomic E-state index is -4.36. The van der Waals surface area contributed by atoms with E-state index in [0.717, 1.165) is 28.3 Å². The van der Waals surface area contributed by atoms with Crippen molar-refractivity contribution in [3.8, 4) is 22.0 Å². The van der Waals surface area contributed by atoms with Crippen molar-refractivity contribution in [3.63, 3.8) is 0 Å². The number of aryl methyl sites for hydroxylation is 1. The first-order valence-electron chi connectivity index (χ1n) is 7.39. The van der Waals surface area contributed by atoms with Crippen LogP contribution in [0.4, 0.5) is 13.2 Å². The molecule has 4 nitrogen and oxygen atoms in total. The van der Waals surface area contributed by atoms with Gasteiger partial charge in [-0.05, 0) is 25.1 Å². The normalized spacial score (nSPS) is 12.0. The van der Waals surface area contributed by atoms with Crippen molar-refractivity contribution in [2.45, 2.75) is 13.1 Å². The number of nitrogens with zero attached hydrogens (tertiary/aromatic N) is 4. The van der Waals surface area contributed by atoms with E-state index < -0.39 is 11.7 Å². The van der Waals surface area contributed by atoms with E-state index in [1.54, 1.807) is 4.52 Å². The van der Waals surface area contributed by atoms with Crippen LogP contribution >= 0.6 is 11.3 Å². The van der Waals surface area contributed by atoms with Gasteiger partial charge >= 0.3 is 6.18 Å². The fourth-order valence-electron chi connectivity index (χ4n) is 2.50. The first-order chi connectivity index (χ1) is 11.9. The molecule has 0 saturated heterocycles. The average molecular weight is 360 g/mol. The van der Waals surface area contributed by atoms with Crippen LogP contribution in [0, 0.1) is 6.92 Å². The number of halogens is 3. The Morgan fingerprint density at radius 2 is 1.72 bits per heavy atom. The van der Waals surface area contributed by atoms with E-state index in [2.05, 4.69) is 15.3 Å². The molecule has 126 valence electrons. The highest BCUT2D eigenvalue weighted by atomic mass is 32.1. The van der Waals surface area contributed by atoms with Gasteiger partial charge in [0.15, 0.2) is 5.82 Å². The molecule has 0 atom stereocenters. The summed E-state index contributed by atoms with van der Waals surface area (Å²) in [4.78, 5) is 0.589. The maximum absolute atomic E-state index is 12.7. The van der Waals surface area contributed by atoms with Gasteiger partial charge in [0.25, 0.3) is 0 Å². The van der Waals surface area contributed by atoms with Crippen LogP contribution in [0.5, 0.6) is 0 Å². The number of aromatic nitrogens is 4. The van der Waals surface area contributed by atoms with E-state index in [9.17, 15) is 13.2 Å². The van der Waals surface area contributed by atoms with Gasteiger partial charge in [-0.2, -0.15) is 22.8 Å². The molecule has 0 aliphatic heterocycles. The maximum Gasteiger partial charge on any atom is 0.416 e. The highest BCUT2D eigenvalue weighted by Gasteiger charge is 2.30. The van der Waals surface area contributed by atoms with Crippen molar-refractivity contribution >= 4 is 16.3 Å². The summed E-state index contributed by atoms with van der Waals surface area (Å²) in [6.07, 6.45) is -4.36. The van der Waals surface area contributed by atoms with Crippen LogP contribution in [-0.4, -0.2) is 19.8 Å². The number of hydrogen-bond acceptors (Lipinski definition) is 4. The summed E-state index contributed by atoms with van der Waals surface area (Å²) >= 11 is 1.38. The van der Waals surface area contributed by atoms with E-state index in [1.807, 2.05) is 31.2 Å². The number of fused-ring (bicyclic) bond motifs is 1. The van der Waals surface area contributed by atoms with Crippen molar-refractivity contribution in [2.24, 2.45) is 0 Å². The van der Waals surface area contributed by atoms with E-state index in [1.165, 1.54) is 23.5 Å². The first-order valence-corrected chi connectivity index (χ1v) is 8.20. The molecule has 4 aromatic rings. The van der Waals surface area contributed by atoms with E-state index in [-0.39, 0.29) is 0 Å². The molecular weight excluding hydrogens is 349 g/mol. The lowest BCUT2D eigenvalue weighted by Crippen LogP contribution is -2.04. The SMILES string of the molecule is Cc1cccc(-c2nn3c(-c4ccc(C(F)(F)F)cc4)nnc3s2)c1. The van der Waals surface area contributed by atoms with Gasteiger partial charge in [0.1, 0.15) is 5.01 Å². The molecule has 0 amide bonds. The molecule has 4 rings (SSSR count). The molecule has 2 aromatic carbocycles. The lowest BCUT2D eigenvalue weighted by atomic mass is 10.1. The second-order valence-corrected chi connectivity index (χ2v) is 6.53. The van der Waals surface area contributed by atoms with Crippen LogP contribution in [-0.2, 0) is 6.18 Å². The Kier molecular flexibility index (Phi) is 3.57. The van der Waals surface area contributed by atoms with Crippen LogP contribution in [0.3, 0.4) is 0 Å². The molecular formula is C17H11F3N4S. The average Bonchev–Trinajstić information content (AvgIpc) is 3.14. The Morgan fingerprint density at radius 1 is 0.960 bits per heavy atom. The molecule has 0 radical (unpaired) electrons. The van der Waals surface area contributed by atoms with Crippen LogP contribution in [0.25, 0.3) is 26.9 Å². The largest absolute Gasteiger partial charge is 0.416 e. The fraction of sp³-hybridized carbons (Fsp3) is 0.118. The van der Waals surface area contributed by atoms with Crippen molar-refractivity contribution in [2.75, 3.05) is 0 Å². The lowest BCUT2D eigenvalue weighted by molar-refractivity contribution is -0.137. The fourth-order valence-corrected chi connectivity index (χ4v) is 3.34. The minimum Gasteiger partial charge on any atom is -0.182 e. The Bertz CT molecular complexity index is 1050. The highest BCUT2D eigenvalue weighted by Crippen LogP contribution is 2.32. The van der Waals surface area contributed by atoms with Gasteiger partial charge in [-0.25, -0.2) is 0 Å². The number of hydrogen-bond donors (Lipinski definition) is 0. The van der Waals surface area contributed by atoms with Gasteiger partial charge in [0.05, 0.1) is 5.56 Å². The van der Waals surface area contributed by atoms with Gasteiger partial charge in [-0.15, -0.1) is 10.2 Å². The lowest BCUT2D eigenvalue weighted by Gasteiger charge is -2.06. The standard InChI is InChI=1S/C17H11F3N4S/c1-10-3-2-4-12(9-10)15-23-24-14(21-22-16(24)25-15)11-5-7-13(8-6-11)17(18,19)20/h2-9H,1H3. The minimum absolute atomic E-state index is 0.416. The van der Waals surface area contributed by atoms with Crippen LogP contribution in [0.1, 0.15) is 11.1 Å². The first kappa shape index (κ1) is 15.8.